The molecule has 0 radical (unpaired) electrons. The summed E-state index contributed by atoms with van der Waals surface area (Å²) in [7, 11) is 0. The van der Waals surface area contributed by atoms with E-state index < -0.39 is 0 Å². The molecule has 2 unspecified atom stereocenters. The van der Waals surface area contributed by atoms with Crippen molar-refractivity contribution in [3.63, 3.8) is 0 Å². The number of anilines is 6. The first kappa shape index (κ1) is 33.9. The number of nitrogens with zero attached hydrogens (tertiary/aromatic N) is 2. The highest BCUT2D eigenvalue weighted by Gasteiger charge is 2.36. The quantitative estimate of drug-likeness (QED) is 0.168. The van der Waals surface area contributed by atoms with Gasteiger partial charge in [0, 0.05) is 44.4 Å². The molecule has 0 amide bonds. The predicted molar refractivity (Wildman–Crippen MR) is 251 cm³/mol. The van der Waals surface area contributed by atoms with Crippen LogP contribution in [0.5, 0.6) is 5.75 Å². The maximum absolute atomic E-state index is 7.59. The number of benzene rings is 9. The fraction of sp³-hybridized carbons (Fsp3) is 0.0357. The van der Waals surface area contributed by atoms with Crippen LogP contribution < -0.4 is 14.5 Å². The molecule has 0 fully saturated rings. The molecule has 0 N–H and O–H groups in total. The Bertz CT molecular complexity index is 3600. The molecule has 288 valence electrons. The van der Waals surface area contributed by atoms with Gasteiger partial charge in [0.25, 0.3) is 0 Å². The van der Waals surface area contributed by atoms with Crippen LogP contribution in [0.4, 0.5) is 34.1 Å². The summed E-state index contributed by atoms with van der Waals surface area (Å²) < 4.78 is 21.2. The normalized spacial score (nSPS) is 15.5. The highest BCUT2D eigenvalue weighted by atomic mass is 16.5. The summed E-state index contributed by atoms with van der Waals surface area (Å²) in [6, 6.07) is 64.2. The van der Waals surface area contributed by atoms with Crippen molar-refractivity contribution in [1.82, 2.24) is 0 Å². The van der Waals surface area contributed by atoms with Gasteiger partial charge in [0.2, 0.25) is 0 Å². The largest absolute Gasteiger partial charge is 0.483 e. The third-order valence-electron chi connectivity index (χ3n) is 12.5. The van der Waals surface area contributed by atoms with Crippen LogP contribution in [0.3, 0.4) is 0 Å². The van der Waals surface area contributed by atoms with Crippen molar-refractivity contribution in [3.8, 4) is 5.75 Å². The van der Waals surface area contributed by atoms with Crippen LogP contribution in [0.25, 0.3) is 65.4 Å². The molecule has 11 aromatic rings. The Morgan fingerprint density at radius 3 is 1.62 bits per heavy atom. The molecule has 5 nitrogen and oxygen atoms in total. The van der Waals surface area contributed by atoms with Crippen LogP contribution in [0.1, 0.15) is 11.5 Å². The first-order chi connectivity index (χ1) is 30.3. The first-order valence-corrected chi connectivity index (χ1v) is 20.8. The van der Waals surface area contributed by atoms with Crippen molar-refractivity contribution in [2.45, 2.75) is 12.0 Å². The van der Waals surface area contributed by atoms with Gasteiger partial charge in [-0.3, -0.25) is 0 Å². The summed E-state index contributed by atoms with van der Waals surface area (Å²) in [5.74, 6) is 1.03. The average Bonchev–Trinajstić information content (AvgIpc) is 4.03. The Morgan fingerprint density at radius 1 is 0.393 bits per heavy atom. The van der Waals surface area contributed by atoms with E-state index in [1.807, 2.05) is 12.1 Å². The molecule has 3 heterocycles. The summed E-state index contributed by atoms with van der Waals surface area (Å²) in [4.78, 5) is 4.63. The van der Waals surface area contributed by atoms with Gasteiger partial charge in [-0.05, 0) is 82.2 Å². The predicted octanol–water partition coefficient (Wildman–Crippen LogP) is 15.7. The average molecular weight is 785 g/mol. The van der Waals surface area contributed by atoms with E-state index in [0.717, 1.165) is 105 Å². The van der Waals surface area contributed by atoms with Gasteiger partial charge in [-0.25, -0.2) is 0 Å². The molecule has 61 heavy (non-hydrogen) atoms. The summed E-state index contributed by atoms with van der Waals surface area (Å²) in [6.45, 7) is 0. The highest BCUT2D eigenvalue weighted by Crippen LogP contribution is 2.55. The second kappa shape index (κ2) is 13.2. The Morgan fingerprint density at radius 2 is 0.934 bits per heavy atom. The van der Waals surface area contributed by atoms with Crippen molar-refractivity contribution in [2.24, 2.45) is 0 Å². The second-order valence-corrected chi connectivity index (χ2v) is 15.9. The van der Waals surface area contributed by atoms with Crippen molar-refractivity contribution < 1.29 is 13.6 Å². The van der Waals surface area contributed by atoms with Crippen molar-refractivity contribution in [2.75, 3.05) is 9.80 Å². The maximum atomic E-state index is 7.59. The number of rotatable bonds is 6. The smallest absolute Gasteiger partial charge is 0.160 e. The maximum Gasteiger partial charge on any atom is 0.160 e. The van der Waals surface area contributed by atoms with Gasteiger partial charge in [-0.2, -0.15) is 0 Å². The number of furan rings is 2. The zero-order valence-corrected chi connectivity index (χ0v) is 32.9. The van der Waals surface area contributed by atoms with Crippen molar-refractivity contribution in [3.05, 3.63) is 212 Å². The molecular formula is C56H36N2O3. The van der Waals surface area contributed by atoms with E-state index >= 15 is 0 Å². The lowest BCUT2D eigenvalue weighted by atomic mass is 9.91. The minimum atomic E-state index is -0.0595. The first-order valence-electron chi connectivity index (χ1n) is 20.8. The van der Waals surface area contributed by atoms with E-state index in [1.165, 1.54) is 5.56 Å². The van der Waals surface area contributed by atoms with E-state index in [0.29, 0.717) is 0 Å². The van der Waals surface area contributed by atoms with Gasteiger partial charge in [0.05, 0.1) is 22.7 Å². The zero-order chi connectivity index (χ0) is 40.0. The molecule has 2 atom stereocenters. The van der Waals surface area contributed by atoms with E-state index in [9.17, 15) is 0 Å². The number of fused-ring (bicyclic) bond motifs is 13. The molecule has 0 saturated carbocycles. The van der Waals surface area contributed by atoms with Crippen LogP contribution >= 0.6 is 0 Å². The molecule has 2 aromatic heterocycles. The van der Waals surface area contributed by atoms with Gasteiger partial charge in [-0.1, -0.05) is 146 Å². The van der Waals surface area contributed by atoms with Crippen molar-refractivity contribution in [1.29, 1.82) is 0 Å². The van der Waals surface area contributed by atoms with E-state index in [2.05, 4.69) is 204 Å². The minimum Gasteiger partial charge on any atom is -0.483 e. The summed E-state index contributed by atoms with van der Waals surface area (Å²) in [6.07, 6.45) is 8.55. The summed E-state index contributed by atoms with van der Waals surface area (Å²) in [5.41, 5.74) is 10.1. The highest BCUT2D eigenvalue weighted by molar-refractivity contribution is 6.31. The van der Waals surface area contributed by atoms with Gasteiger partial charge in [0.1, 0.15) is 17.4 Å². The van der Waals surface area contributed by atoms with Gasteiger partial charge >= 0.3 is 0 Å². The topological polar surface area (TPSA) is 42.0 Å². The number of ether oxygens (including phenoxy) is 1. The zero-order valence-electron chi connectivity index (χ0n) is 32.9. The molecule has 2 aliphatic rings. The number of hydrogen-bond donors (Lipinski definition) is 0. The standard InChI is InChI=1S/C56H36N2O3/c1-3-19-37(20-4-1)57(45-29-15-27-43-41-25-11-13-31-49(41)59-53(43)45)47-33-35-17-7-9-23-39(35)51-52-40-24-10-8-18-36(40)34-48(56(52)61-55(47)51)58(38-21-5-2-6-22-38)46-30-16-28-44-42-26-12-14-32-50(42)60-54(44)46/h1-34,41,49H. The summed E-state index contributed by atoms with van der Waals surface area (Å²) in [5, 5.41) is 8.73. The van der Waals surface area contributed by atoms with E-state index in [4.69, 9.17) is 13.6 Å². The molecule has 13 rings (SSSR count). The number of allylic oxidation sites excluding steroid dienone is 2. The van der Waals surface area contributed by atoms with Crippen molar-refractivity contribution >= 4 is 99.5 Å². The lowest BCUT2D eigenvalue weighted by Crippen LogP contribution is -2.16. The number of para-hydroxylation sites is 5. The fourth-order valence-electron chi connectivity index (χ4n) is 9.87. The molecular weight excluding hydrogens is 749 g/mol. The molecule has 1 aliphatic heterocycles. The Kier molecular flexibility index (Phi) is 7.36. The third kappa shape index (κ3) is 5.07. The monoisotopic (exact) mass is 784 g/mol. The lowest BCUT2D eigenvalue weighted by Gasteiger charge is -2.27. The fourth-order valence-corrected chi connectivity index (χ4v) is 9.87. The number of hydrogen-bond acceptors (Lipinski definition) is 5. The van der Waals surface area contributed by atoms with Gasteiger partial charge in [0.15, 0.2) is 16.7 Å². The molecule has 1 aliphatic carbocycles. The minimum absolute atomic E-state index is 0.0595. The lowest BCUT2D eigenvalue weighted by molar-refractivity contribution is 0.269. The van der Waals surface area contributed by atoms with Crippen LogP contribution in [-0.4, -0.2) is 6.10 Å². The van der Waals surface area contributed by atoms with Crippen LogP contribution in [0.2, 0.25) is 0 Å². The van der Waals surface area contributed by atoms with Gasteiger partial charge < -0.3 is 23.4 Å². The van der Waals surface area contributed by atoms with Crippen LogP contribution in [-0.2, 0) is 0 Å². The summed E-state index contributed by atoms with van der Waals surface area (Å²) >= 11 is 0. The second-order valence-electron chi connectivity index (χ2n) is 15.9. The SMILES string of the molecule is C1=CC2Oc3c(cccc3N(c3ccccc3)c3cc4ccccc4c4c3oc3c(N(c5ccccc5)c5cccc6c5oc5ccccc56)cc5ccccc5c34)C2C=C1. The molecule has 9 aromatic carbocycles. The molecule has 5 heteroatoms. The third-order valence-corrected chi connectivity index (χ3v) is 12.5. The molecule has 0 saturated heterocycles. The van der Waals surface area contributed by atoms with E-state index in [1.54, 1.807) is 0 Å². The van der Waals surface area contributed by atoms with Gasteiger partial charge in [-0.15, -0.1) is 0 Å². The molecule has 0 bridgehead atoms. The van der Waals surface area contributed by atoms with Crippen LogP contribution in [0, 0.1) is 0 Å². The Labute approximate surface area is 351 Å². The Hall–Kier alpha value is -8.02. The Balaban J connectivity index is 1.16. The molecule has 0 spiro atoms. The van der Waals surface area contributed by atoms with Crippen LogP contribution in [0.15, 0.2) is 215 Å². The van der Waals surface area contributed by atoms with E-state index in [-0.39, 0.29) is 12.0 Å².